The van der Waals surface area contributed by atoms with Gasteiger partial charge in [-0.3, -0.25) is 0 Å². The molecule has 1 aliphatic rings. The maximum Gasteiger partial charge on any atom is 0.169 e. The Morgan fingerprint density at radius 1 is 1.04 bits per heavy atom. The first-order valence-corrected chi connectivity index (χ1v) is 8.02. The fourth-order valence-corrected chi connectivity index (χ4v) is 3.00. The third-order valence-electron chi connectivity index (χ3n) is 4.55. The maximum absolute atomic E-state index is 9.48. The van der Waals surface area contributed by atoms with Gasteiger partial charge in [-0.05, 0) is 31.5 Å². The van der Waals surface area contributed by atoms with E-state index in [-0.39, 0.29) is 0 Å². The van der Waals surface area contributed by atoms with Gasteiger partial charge in [-0.2, -0.15) is 10.4 Å². The van der Waals surface area contributed by atoms with Crippen molar-refractivity contribution in [1.29, 1.82) is 5.26 Å². The van der Waals surface area contributed by atoms with Crippen molar-refractivity contribution in [3.63, 3.8) is 0 Å². The molecule has 6 heteroatoms. The van der Waals surface area contributed by atoms with Crippen molar-refractivity contribution in [2.45, 2.75) is 13.8 Å². The maximum atomic E-state index is 9.48. The van der Waals surface area contributed by atoms with Crippen LogP contribution in [0.1, 0.15) is 16.8 Å². The lowest BCUT2D eigenvalue weighted by atomic mass is 10.1. The number of ether oxygens (including phenoxy) is 1. The number of hydrogen-bond donors (Lipinski definition) is 0. The summed E-state index contributed by atoms with van der Waals surface area (Å²) in [6.45, 7) is 7.09. The van der Waals surface area contributed by atoms with Crippen molar-refractivity contribution in [3.05, 3.63) is 41.1 Å². The predicted octanol–water partition coefficient (Wildman–Crippen LogP) is 2.30. The van der Waals surface area contributed by atoms with Gasteiger partial charge in [-0.1, -0.05) is 12.1 Å². The molecule has 0 N–H and O–H groups in total. The molecule has 1 fully saturated rings. The molecule has 1 saturated heterocycles. The van der Waals surface area contributed by atoms with Crippen LogP contribution in [0.15, 0.2) is 24.3 Å². The Labute approximate surface area is 142 Å². The molecular weight excluding hydrogens is 302 g/mol. The second kappa shape index (κ2) is 6.75. The van der Waals surface area contributed by atoms with E-state index >= 15 is 0 Å². The first kappa shape index (κ1) is 16.1. The number of aryl methyl sites for hydroxylation is 1. The summed E-state index contributed by atoms with van der Waals surface area (Å²) in [6.07, 6.45) is 0. The van der Waals surface area contributed by atoms with Crippen LogP contribution < -0.4 is 14.5 Å². The van der Waals surface area contributed by atoms with Crippen molar-refractivity contribution in [2.24, 2.45) is 0 Å². The van der Waals surface area contributed by atoms with Gasteiger partial charge in [0.05, 0.1) is 18.5 Å². The molecular formula is C18H21N5O. The van der Waals surface area contributed by atoms with Crippen LogP contribution in [0.5, 0.6) is 5.75 Å². The first-order valence-electron chi connectivity index (χ1n) is 8.02. The Hall–Kier alpha value is -2.81. The second-order valence-corrected chi connectivity index (χ2v) is 5.87. The van der Waals surface area contributed by atoms with Gasteiger partial charge in [0.25, 0.3) is 0 Å². The normalized spacial score (nSPS) is 14.4. The molecule has 2 aromatic rings. The molecule has 2 heterocycles. The number of para-hydroxylation sites is 2. The molecule has 6 nitrogen and oxygen atoms in total. The van der Waals surface area contributed by atoms with Crippen molar-refractivity contribution < 1.29 is 4.74 Å². The summed E-state index contributed by atoms with van der Waals surface area (Å²) >= 11 is 0. The van der Waals surface area contributed by atoms with Gasteiger partial charge in [0, 0.05) is 26.2 Å². The minimum absolute atomic E-state index is 0.633. The fraction of sp³-hybridized carbons (Fsp3) is 0.389. The van der Waals surface area contributed by atoms with Gasteiger partial charge >= 0.3 is 0 Å². The smallest absolute Gasteiger partial charge is 0.169 e. The minimum Gasteiger partial charge on any atom is -0.495 e. The lowest BCUT2D eigenvalue weighted by Crippen LogP contribution is -2.47. The average Bonchev–Trinajstić information content (AvgIpc) is 2.64. The van der Waals surface area contributed by atoms with E-state index in [4.69, 9.17) is 4.74 Å². The first-order chi connectivity index (χ1) is 11.7. The molecule has 0 amide bonds. The number of rotatable bonds is 3. The molecule has 0 atom stereocenters. The monoisotopic (exact) mass is 323 g/mol. The van der Waals surface area contributed by atoms with E-state index in [0.717, 1.165) is 48.9 Å². The second-order valence-electron chi connectivity index (χ2n) is 5.87. The van der Waals surface area contributed by atoms with Crippen LogP contribution >= 0.6 is 0 Å². The van der Waals surface area contributed by atoms with Crippen LogP contribution in [0, 0.1) is 25.2 Å². The molecule has 0 unspecified atom stereocenters. The SMILES string of the molecule is COc1ccccc1N1CCN(c2nnc(C)c(C)c2C#N)CC1. The fourth-order valence-electron chi connectivity index (χ4n) is 3.00. The number of benzene rings is 1. The van der Waals surface area contributed by atoms with Gasteiger partial charge in [0.15, 0.2) is 5.82 Å². The quantitative estimate of drug-likeness (QED) is 0.863. The molecule has 0 aliphatic carbocycles. The molecule has 24 heavy (non-hydrogen) atoms. The van der Waals surface area contributed by atoms with Crippen molar-refractivity contribution in [3.8, 4) is 11.8 Å². The number of piperazine rings is 1. The molecule has 124 valence electrons. The van der Waals surface area contributed by atoms with Gasteiger partial charge in [0.2, 0.25) is 0 Å². The molecule has 0 saturated carbocycles. The zero-order valence-electron chi connectivity index (χ0n) is 14.3. The molecule has 1 aromatic heterocycles. The third-order valence-corrected chi connectivity index (χ3v) is 4.55. The van der Waals surface area contributed by atoms with Gasteiger partial charge in [-0.15, -0.1) is 5.10 Å². The number of methoxy groups -OCH3 is 1. The van der Waals surface area contributed by atoms with E-state index in [1.807, 2.05) is 32.0 Å². The number of nitriles is 1. The largest absolute Gasteiger partial charge is 0.495 e. The zero-order valence-corrected chi connectivity index (χ0v) is 14.3. The van der Waals surface area contributed by atoms with Crippen molar-refractivity contribution in [1.82, 2.24) is 10.2 Å². The van der Waals surface area contributed by atoms with Crippen molar-refractivity contribution in [2.75, 3.05) is 43.1 Å². The molecule has 3 rings (SSSR count). The Kier molecular flexibility index (Phi) is 4.52. The summed E-state index contributed by atoms with van der Waals surface area (Å²) < 4.78 is 5.45. The van der Waals surface area contributed by atoms with Crippen LogP contribution in [0.4, 0.5) is 11.5 Å². The summed E-state index contributed by atoms with van der Waals surface area (Å²) in [5, 5.41) is 17.9. The molecule has 1 aromatic carbocycles. The Morgan fingerprint density at radius 3 is 2.38 bits per heavy atom. The van der Waals surface area contributed by atoms with Crippen LogP contribution in [0.25, 0.3) is 0 Å². The zero-order chi connectivity index (χ0) is 17.1. The summed E-state index contributed by atoms with van der Waals surface area (Å²) in [5.41, 5.74) is 3.46. The van der Waals surface area contributed by atoms with Gasteiger partial charge in [0.1, 0.15) is 17.4 Å². The number of anilines is 2. The van der Waals surface area contributed by atoms with Gasteiger partial charge < -0.3 is 14.5 Å². The van der Waals surface area contributed by atoms with Crippen LogP contribution in [0.2, 0.25) is 0 Å². The lowest BCUT2D eigenvalue weighted by molar-refractivity contribution is 0.413. The molecule has 1 aliphatic heterocycles. The highest BCUT2D eigenvalue weighted by Gasteiger charge is 2.23. The lowest BCUT2D eigenvalue weighted by Gasteiger charge is -2.37. The summed E-state index contributed by atoms with van der Waals surface area (Å²) in [7, 11) is 1.69. The molecule has 0 radical (unpaired) electrons. The number of nitrogens with zero attached hydrogens (tertiary/aromatic N) is 5. The Bertz CT molecular complexity index is 775. The highest BCUT2D eigenvalue weighted by Crippen LogP contribution is 2.29. The van der Waals surface area contributed by atoms with E-state index in [9.17, 15) is 5.26 Å². The minimum atomic E-state index is 0.633. The number of aromatic nitrogens is 2. The Balaban J connectivity index is 1.79. The molecule has 0 bridgehead atoms. The van der Waals surface area contributed by atoms with Crippen molar-refractivity contribution >= 4 is 11.5 Å². The number of hydrogen-bond acceptors (Lipinski definition) is 6. The van der Waals surface area contributed by atoms with E-state index in [2.05, 4.69) is 32.1 Å². The Morgan fingerprint density at radius 2 is 1.71 bits per heavy atom. The standard InChI is InChI=1S/C18H21N5O/c1-13-14(2)20-21-18(15(13)12-19)23-10-8-22(9-11-23)16-6-4-5-7-17(16)24-3/h4-7H,8-11H2,1-3H3. The van der Waals surface area contributed by atoms with Crippen LogP contribution in [-0.2, 0) is 0 Å². The highest BCUT2D eigenvalue weighted by molar-refractivity contribution is 5.61. The third kappa shape index (κ3) is 2.85. The summed E-state index contributed by atoms with van der Waals surface area (Å²) in [5.74, 6) is 1.58. The van der Waals surface area contributed by atoms with E-state index in [1.165, 1.54) is 0 Å². The van der Waals surface area contributed by atoms with E-state index in [1.54, 1.807) is 7.11 Å². The topological polar surface area (TPSA) is 65.3 Å². The summed E-state index contributed by atoms with van der Waals surface area (Å²) in [4.78, 5) is 4.44. The molecule has 0 spiro atoms. The summed E-state index contributed by atoms with van der Waals surface area (Å²) in [6, 6.07) is 10.3. The average molecular weight is 323 g/mol. The van der Waals surface area contributed by atoms with E-state index in [0.29, 0.717) is 11.4 Å². The van der Waals surface area contributed by atoms with Gasteiger partial charge in [-0.25, -0.2) is 0 Å². The van der Waals surface area contributed by atoms with E-state index < -0.39 is 0 Å². The highest BCUT2D eigenvalue weighted by atomic mass is 16.5. The van der Waals surface area contributed by atoms with Crippen LogP contribution in [0.3, 0.4) is 0 Å². The predicted molar refractivity (Wildman–Crippen MR) is 93.6 cm³/mol. The van der Waals surface area contributed by atoms with Crippen LogP contribution in [-0.4, -0.2) is 43.5 Å².